The van der Waals surface area contributed by atoms with E-state index in [1.807, 2.05) is 12.1 Å². The van der Waals surface area contributed by atoms with E-state index in [0.717, 1.165) is 49.9 Å². The quantitative estimate of drug-likeness (QED) is 0.852. The summed E-state index contributed by atoms with van der Waals surface area (Å²) in [6.45, 7) is 5.65. The number of hydrogen-bond acceptors (Lipinski definition) is 2. The molecule has 1 aliphatic heterocycles. The van der Waals surface area contributed by atoms with Crippen molar-refractivity contribution in [2.24, 2.45) is 0 Å². The molecule has 0 atom stereocenters. The second-order valence-corrected chi connectivity index (χ2v) is 7.96. The van der Waals surface area contributed by atoms with Gasteiger partial charge in [0.05, 0.1) is 11.1 Å². The number of hydrogen-bond donors (Lipinski definition) is 2. The molecule has 1 saturated heterocycles. The van der Waals surface area contributed by atoms with E-state index in [2.05, 4.69) is 28.2 Å². The lowest BCUT2D eigenvalue weighted by molar-refractivity contribution is 0.0912. The lowest BCUT2D eigenvalue weighted by atomic mass is 9.95. The highest BCUT2D eigenvalue weighted by atomic mass is 16.1. The highest BCUT2D eigenvalue weighted by Crippen LogP contribution is 2.30. The van der Waals surface area contributed by atoms with Gasteiger partial charge in [0.15, 0.2) is 0 Å². The highest BCUT2D eigenvalue weighted by molar-refractivity contribution is 6.07. The molecule has 4 heteroatoms. The Hall–Kier alpha value is -1.81. The van der Waals surface area contributed by atoms with Gasteiger partial charge < -0.3 is 15.2 Å². The van der Waals surface area contributed by atoms with E-state index < -0.39 is 0 Å². The number of rotatable bonds is 5. The van der Waals surface area contributed by atoms with Crippen LogP contribution in [0.15, 0.2) is 18.2 Å². The van der Waals surface area contributed by atoms with Crippen LogP contribution in [0.25, 0.3) is 10.9 Å². The zero-order chi connectivity index (χ0) is 17.9. The van der Waals surface area contributed by atoms with Gasteiger partial charge in [-0.05, 0) is 63.1 Å². The molecule has 0 saturated carbocycles. The number of carbonyl (C=O) groups excluding carboxylic acids is 1. The number of para-hydroxylation sites is 1. The minimum absolute atomic E-state index is 0.0844. The number of nitrogens with zero attached hydrogens (tertiary/aromatic N) is 1. The first-order valence-corrected chi connectivity index (χ1v) is 10.4. The molecule has 0 unspecified atom stereocenters. The summed E-state index contributed by atoms with van der Waals surface area (Å²) in [7, 11) is 0. The third-order valence-corrected chi connectivity index (χ3v) is 6.13. The predicted octanol–water partition coefficient (Wildman–Crippen LogP) is 4.04. The van der Waals surface area contributed by atoms with Crippen molar-refractivity contribution >= 4 is 16.8 Å². The van der Waals surface area contributed by atoms with E-state index in [1.54, 1.807) is 0 Å². The molecule has 2 aliphatic rings. The van der Waals surface area contributed by atoms with Crippen LogP contribution in [0, 0.1) is 0 Å². The number of fused-ring (bicyclic) bond motifs is 3. The summed E-state index contributed by atoms with van der Waals surface area (Å²) in [6.07, 6.45) is 9.40. The molecule has 26 heavy (non-hydrogen) atoms. The van der Waals surface area contributed by atoms with Gasteiger partial charge in [0, 0.05) is 30.2 Å². The number of benzene rings is 1. The van der Waals surface area contributed by atoms with Gasteiger partial charge >= 0.3 is 0 Å². The molecule has 2 N–H and O–H groups in total. The number of piperidine rings is 1. The summed E-state index contributed by atoms with van der Waals surface area (Å²) < 4.78 is 0. The maximum atomic E-state index is 12.9. The summed E-state index contributed by atoms with van der Waals surface area (Å²) in [5.74, 6) is 0.0844. The minimum Gasteiger partial charge on any atom is -0.358 e. The smallest absolute Gasteiger partial charge is 0.253 e. The van der Waals surface area contributed by atoms with Crippen molar-refractivity contribution in [1.29, 1.82) is 0 Å². The number of carbonyl (C=O) groups is 1. The van der Waals surface area contributed by atoms with E-state index in [0.29, 0.717) is 6.04 Å². The number of aryl methyl sites for hydroxylation is 2. The predicted molar refractivity (Wildman–Crippen MR) is 107 cm³/mol. The number of amides is 1. The lowest BCUT2D eigenvalue weighted by Crippen LogP contribution is -2.44. The van der Waals surface area contributed by atoms with E-state index in [9.17, 15) is 4.79 Å². The van der Waals surface area contributed by atoms with Gasteiger partial charge in [-0.3, -0.25) is 4.79 Å². The van der Waals surface area contributed by atoms with Crippen molar-refractivity contribution in [2.45, 2.75) is 64.3 Å². The van der Waals surface area contributed by atoms with E-state index in [4.69, 9.17) is 0 Å². The molecular weight excluding hydrogens is 322 g/mol. The van der Waals surface area contributed by atoms with E-state index >= 15 is 0 Å². The minimum atomic E-state index is 0.0844. The Morgan fingerprint density at radius 1 is 1.23 bits per heavy atom. The lowest BCUT2D eigenvalue weighted by Gasteiger charge is -2.32. The van der Waals surface area contributed by atoms with Crippen LogP contribution in [0.5, 0.6) is 0 Å². The Morgan fingerprint density at radius 3 is 2.85 bits per heavy atom. The summed E-state index contributed by atoms with van der Waals surface area (Å²) in [5, 5.41) is 4.55. The molecular formula is C22H31N3O. The van der Waals surface area contributed by atoms with Gasteiger partial charge in [-0.25, -0.2) is 0 Å². The van der Waals surface area contributed by atoms with Crippen molar-refractivity contribution < 1.29 is 4.79 Å². The van der Waals surface area contributed by atoms with Crippen LogP contribution in [0.4, 0.5) is 0 Å². The molecule has 140 valence electrons. The van der Waals surface area contributed by atoms with Crippen molar-refractivity contribution in [1.82, 2.24) is 15.2 Å². The maximum Gasteiger partial charge on any atom is 0.253 e. The molecule has 0 radical (unpaired) electrons. The van der Waals surface area contributed by atoms with Gasteiger partial charge in [-0.15, -0.1) is 0 Å². The van der Waals surface area contributed by atoms with Gasteiger partial charge in [0.25, 0.3) is 5.91 Å². The first kappa shape index (κ1) is 17.6. The molecule has 4 nitrogen and oxygen atoms in total. The number of unbranched alkanes of at least 4 members (excludes halogenated alkanes) is 1. The molecule has 2 heterocycles. The molecule has 0 bridgehead atoms. The normalized spacial score (nSPS) is 18.8. The SMILES string of the molecule is CCCCN1CCC(NC(=O)c2cccc3c4c([nH]c23)CCCC4)CC1. The Morgan fingerprint density at radius 2 is 2.04 bits per heavy atom. The average Bonchev–Trinajstić information content (AvgIpc) is 3.06. The van der Waals surface area contributed by atoms with Crippen LogP contribution in [-0.2, 0) is 12.8 Å². The second-order valence-electron chi connectivity index (χ2n) is 7.96. The molecule has 1 fully saturated rings. The van der Waals surface area contributed by atoms with Crippen LogP contribution in [0.3, 0.4) is 0 Å². The van der Waals surface area contributed by atoms with Crippen molar-refractivity contribution in [3.63, 3.8) is 0 Å². The zero-order valence-corrected chi connectivity index (χ0v) is 15.9. The monoisotopic (exact) mass is 353 g/mol. The topological polar surface area (TPSA) is 48.1 Å². The number of aromatic nitrogens is 1. The second kappa shape index (κ2) is 7.83. The third kappa shape index (κ3) is 3.52. The summed E-state index contributed by atoms with van der Waals surface area (Å²) >= 11 is 0. The fourth-order valence-corrected chi connectivity index (χ4v) is 4.56. The summed E-state index contributed by atoms with van der Waals surface area (Å²) in [4.78, 5) is 19.0. The van der Waals surface area contributed by atoms with Crippen LogP contribution in [0.2, 0.25) is 0 Å². The Balaban J connectivity index is 1.45. The highest BCUT2D eigenvalue weighted by Gasteiger charge is 2.23. The standard InChI is InChI=1S/C22H31N3O/c1-2-3-13-25-14-11-16(12-15-25)23-22(26)19-9-6-8-18-17-7-4-5-10-20(17)24-21(18)19/h6,8-9,16,24H,2-5,7,10-15H2,1H3,(H,23,26). The van der Waals surface area contributed by atoms with Crippen LogP contribution >= 0.6 is 0 Å². The van der Waals surface area contributed by atoms with E-state index in [1.165, 1.54) is 48.9 Å². The molecule has 1 aromatic carbocycles. The van der Waals surface area contributed by atoms with Crippen LogP contribution in [0.1, 0.15) is 67.1 Å². The van der Waals surface area contributed by atoms with Gasteiger partial charge in [-0.2, -0.15) is 0 Å². The Bertz CT molecular complexity index is 771. The van der Waals surface area contributed by atoms with Crippen molar-refractivity contribution in [2.75, 3.05) is 19.6 Å². The van der Waals surface area contributed by atoms with Crippen molar-refractivity contribution in [3.8, 4) is 0 Å². The van der Waals surface area contributed by atoms with Crippen LogP contribution < -0.4 is 5.32 Å². The van der Waals surface area contributed by atoms with Crippen LogP contribution in [-0.4, -0.2) is 41.5 Å². The maximum absolute atomic E-state index is 12.9. The molecule has 1 amide bonds. The van der Waals surface area contributed by atoms with Crippen molar-refractivity contribution in [3.05, 3.63) is 35.0 Å². The van der Waals surface area contributed by atoms with Gasteiger partial charge in [0.1, 0.15) is 0 Å². The number of H-pyrrole nitrogens is 1. The first-order chi connectivity index (χ1) is 12.8. The largest absolute Gasteiger partial charge is 0.358 e. The summed E-state index contributed by atoms with van der Waals surface area (Å²) in [6, 6.07) is 6.47. The first-order valence-electron chi connectivity index (χ1n) is 10.4. The third-order valence-electron chi connectivity index (χ3n) is 6.13. The molecule has 2 aromatic rings. The van der Waals surface area contributed by atoms with Gasteiger partial charge in [-0.1, -0.05) is 25.5 Å². The fraction of sp³-hybridized carbons (Fsp3) is 0.591. The Labute approximate surface area is 156 Å². The summed E-state index contributed by atoms with van der Waals surface area (Å²) in [5.41, 5.74) is 4.63. The number of nitrogens with one attached hydrogen (secondary N) is 2. The molecule has 0 spiro atoms. The fourth-order valence-electron chi connectivity index (χ4n) is 4.56. The zero-order valence-electron chi connectivity index (χ0n) is 15.9. The molecule has 1 aliphatic carbocycles. The Kier molecular flexibility index (Phi) is 5.30. The van der Waals surface area contributed by atoms with Gasteiger partial charge in [0.2, 0.25) is 0 Å². The molecule has 4 rings (SSSR count). The van der Waals surface area contributed by atoms with E-state index in [-0.39, 0.29) is 5.91 Å². The molecule has 1 aromatic heterocycles. The number of aromatic amines is 1. The number of likely N-dealkylation sites (tertiary alicyclic amines) is 1. The average molecular weight is 354 g/mol.